The molecule has 0 amide bonds. The summed E-state index contributed by atoms with van der Waals surface area (Å²) >= 11 is 0. The number of fused-ring (bicyclic) bond motifs is 9. The molecule has 0 bridgehead atoms. The fourth-order valence-corrected chi connectivity index (χ4v) is 12.7. The molecule has 2 aromatic heterocycles. The molecule has 4 heteroatoms. The van der Waals surface area contributed by atoms with Crippen LogP contribution in [0.4, 0.5) is 34.4 Å². The minimum Gasteiger partial charge on any atom is -0.295 e. The number of anilines is 6. The zero-order valence-electron chi connectivity index (χ0n) is 45.2. The predicted molar refractivity (Wildman–Crippen MR) is 324 cm³/mol. The lowest BCUT2D eigenvalue weighted by molar-refractivity contribution is 0.660. The van der Waals surface area contributed by atoms with Crippen molar-refractivity contribution in [1.29, 1.82) is 0 Å². The van der Waals surface area contributed by atoms with Gasteiger partial charge in [0.25, 0.3) is 0 Å². The molecule has 13 rings (SSSR count). The topological polar surface area (TPSA) is 32.3 Å². The Morgan fingerprint density at radius 1 is 0.299 bits per heavy atom. The largest absolute Gasteiger partial charge is 0.295 e. The van der Waals surface area contributed by atoms with Crippen molar-refractivity contribution >= 4 is 58.7 Å². The summed E-state index contributed by atoms with van der Waals surface area (Å²) in [5.74, 6) is 1.80. The molecule has 2 heterocycles. The van der Waals surface area contributed by atoms with Gasteiger partial charge in [0.2, 0.25) is 0 Å². The SMILES string of the molecule is Cc1cccc(N(c2ccc3c(c2)C(C)(C)c2cc(/C=C/c4ccc5c(c4)C(C)(C)c4cc(/C=C/c6ccc7c(c6)C(C)(C)c6cc(N(c8cccc(C)c8)c8ccccn8)ccc6-7)ccc4-5)ccc2-3)c2ccccn2)c1. The highest BCUT2D eigenvalue weighted by atomic mass is 15.2. The summed E-state index contributed by atoms with van der Waals surface area (Å²) in [7, 11) is 0. The molecule has 8 aromatic carbocycles. The lowest BCUT2D eigenvalue weighted by atomic mass is 9.81. The monoisotopic (exact) mass is 994 g/mol. The summed E-state index contributed by atoms with van der Waals surface area (Å²) in [6.07, 6.45) is 12.9. The van der Waals surface area contributed by atoms with Crippen molar-refractivity contribution in [2.45, 2.75) is 71.6 Å². The number of benzene rings is 8. The first-order chi connectivity index (χ1) is 37.2. The average molecular weight is 995 g/mol. The van der Waals surface area contributed by atoms with Gasteiger partial charge in [0, 0.05) is 51.4 Å². The second kappa shape index (κ2) is 18.2. The zero-order valence-corrected chi connectivity index (χ0v) is 45.2. The lowest BCUT2D eigenvalue weighted by Crippen LogP contribution is -2.17. The van der Waals surface area contributed by atoms with Crippen molar-refractivity contribution in [1.82, 2.24) is 9.97 Å². The molecule has 374 valence electrons. The summed E-state index contributed by atoms with van der Waals surface area (Å²) in [5, 5.41) is 0. The van der Waals surface area contributed by atoms with E-state index >= 15 is 0 Å². The van der Waals surface area contributed by atoms with Gasteiger partial charge in [-0.25, -0.2) is 9.97 Å². The third-order valence-electron chi connectivity index (χ3n) is 16.8. The molecule has 3 aliphatic carbocycles. The maximum absolute atomic E-state index is 4.79. The van der Waals surface area contributed by atoms with Gasteiger partial charge in [-0.2, -0.15) is 0 Å². The zero-order chi connectivity index (χ0) is 52.8. The molecule has 0 aliphatic heterocycles. The molecule has 0 fully saturated rings. The van der Waals surface area contributed by atoms with Crippen LogP contribution in [0.1, 0.15) is 108 Å². The Hall–Kier alpha value is -8.86. The molecule has 0 saturated carbocycles. The van der Waals surface area contributed by atoms with E-state index in [0.717, 1.165) is 34.4 Å². The Bertz CT molecular complexity index is 3780. The Balaban J connectivity index is 0.732. The third-order valence-corrected chi connectivity index (χ3v) is 16.8. The van der Waals surface area contributed by atoms with Crippen molar-refractivity contribution in [3.05, 3.63) is 273 Å². The van der Waals surface area contributed by atoms with Crippen molar-refractivity contribution in [2.24, 2.45) is 0 Å². The number of aryl methyl sites for hydroxylation is 2. The van der Waals surface area contributed by atoms with Crippen molar-refractivity contribution in [3.63, 3.8) is 0 Å². The Morgan fingerprint density at radius 3 is 0.896 bits per heavy atom. The number of nitrogens with zero attached hydrogens (tertiary/aromatic N) is 4. The van der Waals surface area contributed by atoms with E-state index in [0.29, 0.717) is 0 Å². The summed E-state index contributed by atoms with van der Waals surface area (Å²) in [5.41, 5.74) is 27.1. The van der Waals surface area contributed by atoms with Crippen LogP contribution in [0.2, 0.25) is 0 Å². The standard InChI is InChI=1S/C73H62N4/c1-47-15-13-17-53(39-47)76(69-19-9-11-37-74-69)55-29-35-61-59-33-27-51(43-65(59)72(5,6)67(61)45-55)23-21-49-25-31-57-58-32-26-50(42-64(58)71(3,4)63(57)41-49)22-24-52-28-34-60-62-36-30-56(46-68(62)73(7,8)66(60)44-52)77(70-20-10-12-38-75-70)54-18-14-16-48(2)40-54/h9-46H,1-8H3/b23-21+,24-22+. The first kappa shape index (κ1) is 47.8. The molecule has 77 heavy (non-hydrogen) atoms. The number of aromatic nitrogens is 2. The van der Waals surface area contributed by atoms with Crippen LogP contribution in [0.5, 0.6) is 0 Å². The lowest BCUT2D eigenvalue weighted by Gasteiger charge is -2.27. The number of hydrogen-bond acceptors (Lipinski definition) is 4. The Morgan fingerprint density at radius 2 is 0.597 bits per heavy atom. The van der Waals surface area contributed by atoms with Gasteiger partial charge in [0.1, 0.15) is 11.6 Å². The van der Waals surface area contributed by atoms with Crippen molar-refractivity contribution in [2.75, 3.05) is 9.80 Å². The molecule has 0 spiro atoms. The quantitative estimate of drug-likeness (QED) is 0.128. The van der Waals surface area contributed by atoms with Gasteiger partial charge < -0.3 is 0 Å². The highest BCUT2D eigenvalue weighted by molar-refractivity contribution is 5.90. The summed E-state index contributed by atoms with van der Waals surface area (Å²) in [6, 6.07) is 71.4. The first-order valence-corrected chi connectivity index (χ1v) is 27.0. The highest BCUT2D eigenvalue weighted by Crippen LogP contribution is 2.54. The Labute approximate surface area is 454 Å². The van der Waals surface area contributed by atoms with Gasteiger partial charge in [-0.15, -0.1) is 0 Å². The van der Waals surface area contributed by atoms with Crippen LogP contribution in [-0.4, -0.2) is 9.97 Å². The van der Waals surface area contributed by atoms with Crippen molar-refractivity contribution in [3.8, 4) is 33.4 Å². The van der Waals surface area contributed by atoms with E-state index in [1.807, 2.05) is 24.5 Å². The maximum atomic E-state index is 4.79. The van der Waals surface area contributed by atoms with E-state index in [1.165, 1.54) is 100 Å². The molecular weight excluding hydrogens is 933 g/mol. The summed E-state index contributed by atoms with van der Waals surface area (Å²) < 4.78 is 0. The first-order valence-electron chi connectivity index (χ1n) is 27.0. The van der Waals surface area contributed by atoms with E-state index in [-0.39, 0.29) is 16.2 Å². The fraction of sp³-hybridized carbons (Fsp3) is 0.151. The minimum atomic E-state index is -0.187. The molecule has 0 unspecified atom stereocenters. The van der Waals surface area contributed by atoms with Crippen LogP contribution in [0.25, 0.3) is 57.7 Å². The fourth-order valence-electron chi connectivity index (χ4n) is 12.7. The second-order valence-corrected chi connectivity index (χ2v) is 22.9. The molecular formula is C73H62N4. The van der Waals surface area contributed by atoms with Crippen LogP contribution < -0.4 is 9.80 Å². The average Bonchev–Trinajstić information content (AvgIpc) is 4.16. The van der Waals surface area contributed by atoms with E-state index in [4.69, 9.17) is 9.97 Å². The molecule has 0 saturated heterocycles. The number of pyridine rings is 2. The molecule has 0 N–H and O–H groups in total. The van der Waals surface area contributed by atoms with Crippen LogP contribution in [0.3, 0.4) is 0 Å². The number of hydrogen-bond donors (Lipinski definition) is 0. The highest BCUT2D eigenvalue weighted by Gasteiger charge is 2.39. The smallest absolute Gasteiger partial charge is 0.137 e. The molecule has 10 aromatic rings. The number of rotatable bonds is 10. The molecule has 0 atom stereocenters. The van der Waals surface area contributed by atoms with Gasteiger partial charge in [-0.3, -0.25) is 9.80 Å². The Kier molecular flexibility index (Phi) is 11.3. The summed E-state index contributed by atoms with van der Waals surface area (Å²) in [6.45, 7) is 18.5. The van der Waals surface area contributed by atoms with Gasteiger partial charge >= 0.3 is 0 Å². The molecule has 0 radical (unpaired) electrons. The van der Waals surface area contributed by atoms with Crippen LogP contribution in [0, 0.1) is 13.8 Å². The predicted octanol–water partition coefficient (Wildman–Crippen LogP) is 19.3. The van der Waals surface area contributed by atoms with Crippen molar-refractivity contribution < 1.29 is 0 Å². The van der Waals surface area contributed by atoms with Crippen LogP contribution in [0.15, 0.2) is 207 Å². The minimum absolute atomic E-state index is 0.153. The third kappa shape index (κ3) is 8.13. The van der Waals surface area contributed by atoms with Crippen LogP contribution in [-0.2, 0) is 16.2 Å². The van der Waals surface area contributed by atoms with E-state index in [2.05, 4.69) is 271 Å². The van der Waals surface area contributed by atoms with Gasteiger partial charge in [-0.1, -0.05) is 187 Å². The van der Waals surface area contributed by atoms with E-state index in [1.54, 1.807) is 0 Å². The second-order valence-electron chi connectivity index (χ2n) is 22.9. The maximum Gasteiger partial charge on any atom is 0.137 e. The van der Waals surface area contributed by atoms with E-state index in [9.17, 15) is 0 Å². The van der Waals surface area contributed by atoms with Gasteiger partial charge in [0.15, 0.2) is 0 Å². The normalized spacial score (nSPS) is 14.7. The molecule has 3 aliphatic rings. The van der Waals surface area contributed by atoms with Gasteiger partial charge in [-0.05, 0) is 187 Å². The summed E-state index contributed by atoms with van der Waals surface area (Å²) in [4.78, 5) is 14.1. The van der Waals surface area contributed by atoms with E-state index < -0.39 is 0 Å². The molecule has 4 nitrogen and oxygen atoms in total. The van der Waals surface area contributed by atoms with Crippen LogP contribution >= 0.6 is 0 Å². The van der Waals surface area contributed by atoms with Gasteiger partial charge in [0.05, 0.1) is 0 Å².